The van der Waals surface area contributed by atoms with Gasteiger partial charge in [-0.3, -0.25) is 0 Å². The number of thiophene rings is 1. The van der Waals surface area contributed by atoms with Crippen molar-refractivity contribution in [2.24, 2.45) is 5.73 Å². The molecule has 1 heterocycles. The van der Waals surface area contributed by atoms with Crippen molar-refractivity contribution < 1.29 is 5.11 Å². The van der Waals surface area contributed by atoms with Crippen LogP contribution in [0.4, 0.5) is 0 Å². The summed E-state index contributed by atoms with van der Waals surface area (Å²) in [6.45, 7) is 0.0530. The third-order valence-electron chi connectivity index (χ3n) is 3.70. The number of rotatable bonds is 4. The second kappa shape index (κ2) is 7.05. The van der Waals surface area contributed by atoms with Gasteiger partial charge in [-0.25, -0.2) is 0 Å². The first-order chi connectivity index (χ1) is 9.79. The fraction of sp³-hybridized carbons (Fsp3) is 0.176. The zero-order valence-corrected chi connectivity index (χ0v) is 13.1. The SMILES string of the molecule is Cl.NC(c1cccs1)C(CO)c1ccc2ccccc2c1. The molecule has 0 radical (unpaired) electrons. The molecule has 2 atom stereocenters. The number of fused-ring (bicyclic) bond motifs is 1. The monoisotopic (exact) mass is 319 g/mol. The molecule has 110 valence electrons. The van der Waals surface area contributed by atoms with Gasteiger partial charge in [-0.15, -0.1) is 23.7 Å². The fourth-order valence-corrected chi connectivity index (χ4v) is 3.34. The van der Waals surface area contributed by atoms with E-state index >= 15 is 0 Å². The fourth-order valence-electron chi connectivity index (χ4n) is 2.54. The largest absolute Gasteiger partial charge is 0.396 e. The van der Waals surface area contributed by atoms with Gasteiger partial charge in [0.15, 0.2) is 0 Å². The second-order valence-electron chi connectivity index (χ2n) is 4.94. The van der Waals surface area contributed by atoms with Crippen LogP contribution >= 0.6 is 23.7 Å². The number of benzene rings is 2. The minimum Gasteiger partial charge on any atom is -0.396 e. The van der Waals surface area contributed by atoms with E-state index in [4.69, 9.17) is 5.73 Å². The summed E-state index contributed by atoms with van der Waals surface area (Å²) in [6.07, 6.45) is 0. The van der Waals surface area contributed by atoms with E-state index in [1.54, 1.807) is 11.3 Å². The summed E-state index contributed by atoms with van der Waals surface area (Å²) >= 11 is 1.64. The van der Waals surface area contributed by atoms with Crippen molar-refractivity contribution in [3.05, 3.63) is 70.4 Å². The van der Waals surface area contributed by atoms with Crippen molar-refractivity contribution in [1.29, 1.82) is 0 Å². The lowest BCUT2D eigenvalue weighted by molar-refractivity contribution is 0.249. The van der Waals surface area contributed by atoms with Crippen LogP contribution in [0.5, 0.6) is 0 Å². The highest BCUT2D eigenvalue weighted by molar-refractivity contribution is 7.10. The number of halogens is 1. The number of aliphatic hydroxyl groups is 1. The Hall–Kier alpha value is -1.39. The standard InChI is InChI=1S/C17H17NOS.ClH/c18-17(16-6-3-9-20-16)15(11-19)14-8-7-12-4-1-2-5-13(12)10-14;/h1-10,15,17,19H,11,18H2;1H. The topological polar surface area (TPSA) is 46.2 Å². The summed E-state index contributed by atoms with van der Waals surface area (Å²) in [5, 5.41) is 14.2. The predicted molar refractivity (Wildman–Crippen MR) is 92.3 cm³/mol. The predicted octanol–water partition coefficient (Wildman–Crippen LogP) is 4.10. The first-order valence-electron chi connectivity index (χ1n) is 6.68. The molecule has 0 spiro atoms. The van der Waals surface area contributed by atoms with Crippen LogP contribution in [0.15, 0.2) is 60.0 Å². The van der Waals surface area contributed by atoms with Gasteiger partial charge >= 0.3 is 0 Å². The highest BCUT2D eigenvalue weighted by atomic mass is 35.5. The summed E-state index contributed by atoms with van der Waals surface area (Å²) in [4.78, 5) is 1.11. The minimum absolute atomic E-state index is 0. The van der Waals surface area contributed by atoms with E-state index < -0.39 is 0 Å². The molecule has 4 heteroatoms. The molecular weight excluding hydrogens is 302 g/mol. The first kappa shape index (κ1) is 16.0. The quantitative estimate of drug-likeness (QED) is 0.760. The van der Waals surface area contributed by atoms with Gasteiger partial charge in [0.1, 0.15) is 0 Å². The van der Waals surface area contributed by atoms with Crippen LogP contribution in [-0.2, 0) is 0 Å². The molecule has 3 aromatic rings. The van der Waals surface area contributed by atoms with Gasteiger partial charge < -0.3 is 10.8 Å². The van der Waals surface area contributed by atoms with Gasteiger partial charge in [0.05, 0.1) is 6.61 Å². The maximum absolute atomic E-state index is 9.75. The molecule has 2 unspecified atom stereocenters. The van der Waals surface area contributed by atoms with Gasteiger partial charge in [-0.2, -0.15) is 0 Å². The number of hydrogen-bond acceptors (Lipinski definition) is 3. The zero-order valence-electron chi connectivity index (χ0n) is 11.5. The molecule has 0 aliphatic rings. The van der Waals surface area contributed by atoms with Crippen molar-refractivity contribution >= 4 is 34.5 Å². The third kappa shape index (κ3) is 3.27. The molecular formula is C17H18ClNOS. The Bertz CT molecular complexity index is 699. The Morgan fingerprint density at radius 1 is 1.00 bits per heavy atom. The molecule has 3 rings (SSSR count). The third-order valence-corrected chi connectivity index (χ3v) is 4.68. The average molecular weight is 320 g/mol. The Labute approximate surface area is 134 Å². The highest BCUT2D eigenvalue weighted by Gasteiger charge is 2.21. The zero-order chi connectivity index (χ0) is 13.9. The molecule has 0 saturated carbocycles. The van der Waals surface area contributed by atoms with Crippen LogP contribution in [0.2, 0.25) is 0 Å². The van der Waals surface area contributed by atoms with Gasteiger partial charge in [-0.05, 0) is 27.8 Å². The van der Waals surface area contributed by atoms with Crippen molar-refractivity contribution in [3.8, 4) is 0 Å². The van der Waals surface area contributed by atoms with Gasteiger partial charge in [0.2, 0.25) is 0 Å². The molecule has 0 aliphatic carbocycles. The Morgan fingerprint density at radius 2 is 1.76 bits per heavy atom. The van der Waals surface area contributed by atoms with Crippen molar-refractivity contribution in [2.45, 2.75) is 12.0 Å². The van der Waals surface area contributed by atoms with E-state index in [1.807, 2.05) is 29.6 Å². The molecule has 0 saturated heterocycles. The maximum Gasteiger partial charge on any atom is 0.0518 e. The highest BCUT2D eigenvalue weighted by Crippen LogP contribution is 2.32. The Morgan fingerprint density at radius 3 is 2.43 bits per heavy atom. The molecule has 2 nitrogen and oxygen atoms in total. The molecule has 0 aliphatic heterocycles. The minimum atomic E-state index is -0.166. The van der Waals surface area contributed by atoms with E-state index in [0.717, 1.165) is 10.4 Å². The van der Waals surface area contributed by atoms with Crippen LogP contribution in [0.3, 0.4) is 0 Å². The van der Waals surface area contributed by atoms with E-state index in [9.17, 15) is 5.11 Å². The van der Waals surface area contributed by atoms with E-state index in [2.05, 4.69) is 30.3 Å². The average Bonchev–Trinajstić information content (AvgIpc) is 3.02. The molecule has 21 heavy (non-hydrogen) atoms. The molecule has 0 fully saturated rings. The van der Waals surface area contributed by atoms with E-state index in [1.165, 1.54) is 10.8 Å². The van der Waals surface area contributed by atoms with Crippen LogP contribution in [-0.4, -0.2) is 11.7 Å². The smallest absolute Gasteiger partial charge is 0.0518 e. The van der Waals surface area contributed by atoms with Crippen LogP contribution in [0.25, 0.3) is 10.8 Å². The summed E-state index contributed by atoms with van der Waals surface area (Å²) in [6, 6.07) is 18.4. The lowest BCUT2D eigenvalue weighted by atomic mass is 9.90. The number of nitrogens with two attached hydrogens (primary N) is 1. The van der Waals surface area contributed by atoms with Crippen molar-refractivity contribution in [1.82, 2.24) is 0 Å². The molecule has 3 N–H and O–H groups in total. The summed E-state index contributed by atoms with van der Waals surface area (Å²) in [5.41, 5.74) is 7.41. The molecule has 1 aromatic heterocycles. The van der Waals surface area contributed by atoms with Gasteiger partial charge in [0, 0.05) is 16.8 Å². The summed E-state index contributed by atoms with van der Waals surface area (Å²) < 4.78 is 0. The Kier molecular flexibility index (Phi) is 5.37. The maximum atomic E-state index is 9.75. The van der Waals surface area contributed by atoms with Crippen LogP contribution in [0.1, 0.15) is 22.4 Å². The number of hydrogen-bond donors (Lipinski definition) is 2. The van der Waals surface area contributed by atoms with E-state index in [0.29, 0.717) is 0 Å². The van der Waals surface area contributed by atoms with Crippen LogP contribution < -0.4 is 5.73 Å². The van der Waals surface area contributed by atoms with E-state index in [-0.39, 0.29) is 31.0 Å². The first-order valence-corrected chi connectivity index (χ1v) is 7.56. The normalized spacial score (nSPS) is 13.6. The van der Waals surface area contributed by atoms with Gasteiger partial charge in [0.25, 0.3) is 0 Å². The molecule has 2 aromatic carbocycles. The lowest BCUT2D eigenvalue weighted by Crippen LogP contribution is -2.21. The number of aliphatic hydroxyl groups excluding tert-OH is 1. The van der Waals surface area contributed by atoms with Crippen molar-refractivity contribution in [2.75, 3.05) is 6.61 Å². The lowest BCUT2D eigenvalue weighted by Gasteiger charge is -2.22. The van der Waals surface area contributed by atoms with Crippen LogP contribution in [0, 0.1) is 0 Å². The summed E-state index contributed by atoms with van der Waals surface area (Å²) in [7, 11) is 0. The Balaban J connectivity index is 0.00000161. The molecule has 0 bridgehead atoms. The summed E-state index contributed by atoms with van der Waals surface area (Å²) in [5.74, 6) is -0.0711. The van der Waals surface area contributed by atoms with Crippen molar-refractivity contribution in [3.63, 3.8) is 0 Å². The second-order valence-corrected chi connectivity index (χ2v) is 5.92. The molecule has 0 amide bonds. The van der Waals surface area contributed by atoms with Gasteiger partial charge in [-0.1, -0.05) is 48.5 Å².